The molecular formula is CH4Li2O3. The maximum absolute atomic E-state index is 8.56. The Morgan fingerprint density at radius 2 is 1.17 bits per heavy atom. The number of hydrogen-bond donors (Lipinski definition) is 2. The normalized spacial score (nSPS) is 4.00. The van der Waals surface area contributed by atoms with E-state index in [1.54, 1.807) is 0 Å². The zero-order valence-electron chi connectivity index (χ0n) is 1.80. The van der Waals surface area contributed by atoms with Crippen LogP contribution in [0.1, 0.15) is 0 Å². The Hall–Kier alpha value is 0.465. The van der Waals surface area contributed by atoms with Crippen LogP contribution in [0, 0.1) is 0 Å². The maximum atomic E-state index is 8.56. The topological polar surface area (TPSA) is 57.5 Å². The van der Waals surface area contributed by atoms with Gasteiger partial charge in [0.1, 0.15) is 0 Å². The van der Waals surface area contributed by atoms with Crippen molar-refractivity contribution in [3.8, 4) is 0 Å². The van der Waals surface area contributed by atoms with Gasteiger partial charge in [0.2, 0.25) is 0 Å². The van der Waals surface area contributed by atoms with Crippen LogP contribution in [0.3, 0.4) is 0 Å². The van der Waals surface area contributed by atoms with Crippen LogP contribution in [0.15, 0.2) is 0 Å². The van der Waals surface area contributed by atoms with Gasteiger partial charge in [-0.1, -0.05) is 0 Å². The van der Waals surface area contributed by atoms with Crippen molar-refractivity contribution in [2.24, 2.45) is 0 Å². The Balaban J connectivity index is -0.0000000450. The van der Waals surface area contributed by atoms with Crippen LogP contribution in [0.25, 0.3) is 0 Å². The molecule has 0 aromatic rings. The van der Waals surface area contributed by atoms with E-state index < -0.39 is 6.16 Å². The van der Waals surface area contributed by atoms with Crippen molar-refractivity contribution in [2.75, 3.05) is 0 Å². The molecular weight excluding hydrogens is 73.9 g/mol. The van der Waals surface area contributed by atoms with Gasteiger partial charge in [0, 0.05) is 0 Å². The molecule has 5 heteroatoms. The van der Waals surface area contributed by atoms with E-state index in [0.717, 1.165) is 0 Å². The molecule has 0 aromatic carbocycles. The second kappa shape index (κ2) is 9.07. The molecule has 0 spiro atoms. The van der Waals surface area contributed by atoms with Crippen LogP contribution >= 0.6 is 0 Å². The molecule has 0 aliphatic heterocycles. The first-order valence-electron chi connectivity index (χ1n) is 0.651. The molecule has 0 saturated heterocycles. The minimum atomic E-state index is -1.83. The number of hydrogen-bond acceptors (Lipinski definition) is 1. The standard InChI is InChI=1S/CH2O3.2Li.2H/c2-1(3)4;;;;/h(H2,2,3,4);;;;. The van der Waals surface area contributed by atoms with Gasteiger partial charge in [-0.15, -0.1) is 0 Å². The van der Waals surface area contributed by atoms with Gasteiger partial charge in [-0.2, -0.15) is 0 Å². The van der Waals surface area contributed by atoms with Crippen molar-refractivity contribution in [2.45, 2.75) is 0 Å². The van der Waals surface area contributed by atoms with Gasteiger partial charge in [-0.05, 0) is 0 Å². The molecule has 0 bridgehead atoms. The second-order valence-electron chi connectivity index (χ2n) is 0.283. The number of carboxylic acid groups (broad SMARTS) is 2. The first-order valence-corrected chi connectivity index (χ1v) is 0.651. The zero-order chi connectivity index (χ0) is 3.58. The quantitative estimate of drug-likeness (QED) is 0.362. The SMILES string of the molecule is O=C(O)O.[LiH].[LiH]. The molecule has 0 amide bonds. The van der Waals surface area contributed by atoms with E-state index in [4.69, 9.17) is 15.0 Å². The Morgan fingerprint density at radius 3 is 1.17 bits per heavy atom. The molecule has 0 aliphatic rings. The average Bonchev–Trinajstić information content (AvgIpc) is 0.811. The van der Waals surface area contributed by atoms with Crippen molar-refractivity contribution in [1.29, 1.82) is 0 Å². The summed E-state index contributed by atoms with van der Waals surface area (Å²) >= 11 is 0. The van der Waals surface area contributed by atoms with Crippen molar-refractivity contribution in [3.05, 3.63) is 0 Å². The molecule has 0 unspecified atom stereocenters. The summed E-state index contributed by atoms with van der Waals surface area (Å²) in [6, 6.07) is 0. The minimum absolute atomic E-state index is 0. The van der Waals surface area contributed by atoms with Crippen molar-refractivity contribution in [3.63, 3.8) is 0 Å². The Morgan fingerprint density at radius 1 is 1.17 bits per heavy atom. The van der Waals surface area contributed by atoms with E-state index in [0.29, 0.717) is 0 Å². The molecule has 0 radical (unpaired) electrons. The first kappa shape index (κ1) is 16.1. The van der Waals surface area contributed by atoms with E-state index >= 15 is 0 Å². The molecule has 0 aliphatic carbocycles. The fourth-order valence-corrected chi connectivity index (χ4v) is 0. The van der Waals surface area contributed by atoms with Gasteiger partial charge in [0.05, 0.1) is 0 Å². The third kappa shape index (κ3) is 248. The number of carbonyl (C=O) groups is 1. The van der Waals surface area contributed by atoms with E-state index in [1.807, 2.05) is 0 Å². The van der Waals surface area contributed by atoms with Gasteiger partial charge in [0.25, 0.3) is 0 Å². The summed E-state index contributed by atoms with van der Waals surface area (Å²) in [5.74, 6) is 0. The number of rotatable bonds is 0. The zero-order valence-corrected chi connectivity index (χ0v) is 1.80. The van der Waals surface area contributed by atoms with Crippen LogP contribution in [0.5, 0.6) is 0 Å². The van der Waals surface area contributed by atoms with Crippen molar-refractivity contribution in [1.82, 2.24) is 0 Å². The van der Waals surface area contributed by atoms with E-state index in [2.05, 4.69) is 0 Å². The van der Waals surface area contributed by atoms with Crippen molar-refractivity contribution >= 4 is 43.9 Å². The van der Waals surface area contributed by atoms with Gasteiger partial charge >= 0.3 is 43.9 Å². The molecule has 0 fully saturated rings. The Labute approximate surface area is 59.1 Å². The third-order valence-corrected chi connectivity index (χ3v) is 0. The van der Waals surface area contributed by atoms with Gasteiger partial charge < -0.3 is 10.2 Å². The molecule has 2 N–H and O–H groups in total. The molecule has 0 heterocycles. The van der Waals surface area contributed by atoms with Crippen LogP contribution in [0.2, 0.25) is 0 Å². The summed E-state index contributed by atoms with van der Waals surface area (Å²) in [5, 5.41) is 13.9. The fraction of sp³-hybridized carbons (Fsp3) is 0. The third-order valence-electron chi connectivity index (χ3n) is 0. The summed E-state index contributed by atoms with van der Waals surface area (Å²) in [6.45, 7) is 0. The molecule has 0 aromatic heterocycles. The predicted molar refractivity (Wildman–Crippen MR) is 25.0 cm³/mol. The van der Waals surface area contributed by atoms with Gasteiger partial charge in [0.15, 0.2) is 0 Å². The van der Waals surface area contributed by atoms with E-state index in [1.165, 1.54) is 0 Å². The van der Waals surface area contributed by atoms with Gasteiger partial charge in [-0.3, -0.25) is 0 Å². The Bertz CT molecular complexity index is 31.8. The Kier molecular flexibility index (Phi) is 24.3. The van der Waals surface area contributed by atoms with Crippen LogP contribution < -0.4 is 0 Å². The predicted octanol–water partition coefficient (Wildman–Crippen LogP) is -1.07. The fourth-order valence-electron chi connectivity index (χ4n) is 0. The molecule has 6 heavy (non-hydrogen) atoms. The monoisotopic (exact) mass is 78.0 g/mol. The molecule has 28 valence electrons. The molecule has 0 saturated carbocycles. The molecule has 0 atom stereocenters. The summed E-state index contributed by atoms with van der Waals surface area (Å²) in [7, 11) is 0. The van der Waals surface area contributed by atoms with E-state index in [9.17, 15) is 0 Å². The van der Waals surface area contributed by atoms with E-state index in [-0.39, 0.29) is 37.7 Å². The summed E-state index contributed by atoms with van der Waals surface area (Å²) in [6.07, 6.45) is -1.83. The summed E-state index contributed by atoms with van der Waals surface area (Å²) in [4.78, 5) is 8.56. The first-order chi connectivity index (χ1) is 1.73. The van der Waals surface area contributed by atoms with Crippen LogP contribution in [-0.2, 0) is 0 Å². The second-order valence-corrected chi connectivity index (χ2v) is 0.283. The van der Waals surface area contributed by atoms with Crippen molar-refractivity contribution < 1.29 is 15.0 Å². The molecule has 3 nitrogen and oxygen atoms in total. The molecule has 0 rings (SSSR count). The average molecular weight is 77.9 g/mol. The van der Waals surface area contributed by atoms with Crippen LogP contribution in [-0.4, -0.2) is 54.1 Å². The summed E-state index contributed by atoms with van der Waals surface area (Å²) in [5.41, 5.74) is 0. The van der Waals surface area contributed by atoms with Crippen LogP contribution in [0.4, 0.5) is 4.79 Å². The van der Waals surface area contributed by atoms with Gasteiger partial charge in [-0.25, -0.2) is 4.79 Å². The summed E-state index contributed by atoms with van der Waals surface area (Å²) < 4.78 is 0.